The van der Waals surface area contributed by atoms with Crippen LogP contribution in [0.4, 0.5) is 0 Å². The topological polar surface area (TPSA) is 59.4 Å². The number of aromatic nitrogens is 2. The molecule has 1 amide bonds. The third-order valence-corrected chi connectivity index (χ3v) is 5.01. The summed E-state index contributed by atoms with van der Waals surface area (Å²) in [7, 11) is 0. The molecule has 3 aromatic rings. The van der Waals surface area contributed by atoms with Gasteiger partial charge in [0, 0.05) is 35.6 Å². The minimum absolute atomic E-state index is 0.275. The Morgan fingerprint density at radius 1 is 1.04 bits per heavy atom. The molecule has 0 atom stereocenters. The first-order chi connectivity index (χ1) is 13.6. The van der Waals surface area contributed by atoms with Gasteiger partial charge in [-0.1, -0.05) is 35.3 Å². The van der Waals surface area contributed by atoms with Crippen molar-refractivity contribution in [2.24, 2.45) is 0 Å². The van der Waals surface area contributed by atoms with Crippen molar-refractivity contribution in [3.8, 4) is 17.1 Å². The number of morpholine rings is 1. The molecule has 2 aromatic carbocycles. The lowest BCUT2D eigenvalue weighted by Gasteiger charge is -2.26. The number of nitrogens with zero attached hydrogens (tertiary/aromatic N) is 3. The van der Waals surface area contributed by atoms with Gasteiger partial charge in [0.05, 0.1) is 18.2 Å². The smallest absolute Gasteiger partial charge is 0.285 e. The maximum Gasteiger partial charge on any atom is 0.285 e. The fourth-order valence-electron chi connectivity index (χ4n) is 3.00. The Balaban J connectivity index is 1.72. The Labute approximate surface area is 172 Å². The van der Waals surface area contributed by atoms with E-state index >= 15 is 0 Å². The normalized spacial score (nSPS) is 14.8. The highest BCUT2D eigenvalue weighted by Gasteiger charge is 2.20. The fourth-order valence-corrected chi connectivity index (χ4v) is 3.34. The van der Waals surface area contributed by atoms with E-state index in [1.807, 2.05) is 39.9 Å². The lowest BCUT2D eigenvalue weighted by molar-refractivity contribution is 0.0125. The van der Waals surface area contributed by atoms with Gasteiger partial charge >= 0.3 is 0 Å². The van der Waals surface area contributed by atoms with Gasteiger partial charge in [-0.25, -0.2) is 9.99 Å². The zero-order valence-corrected chi connectivity index (χ0v) is 16.5. The van der Waals surface area contributed by atoms with Gasteiger partial charge in [-0.2, -0.15) is 0 Å². The first-order valence-electron chi connectivity index (χ1n) is 8.86. The molecule has 28 heavy (non-hydrogen) atoms. The number of benzene rings is 2. The average Bonchev–Trinajstić information content (AvgIpc) is 3.15. The quantitative estimate of drug-likeness (QED) is 0.701. The van der Waals surface area contributed by atoms with E-state index in [0.717, 1.165) is 11.3 Å². The molecule has 1 aromatic heterocycles. The van der Waals surface area contributed by atoms with E-state index in [4.69, 9.17) is 27.9 Å². The number of nitrogens with one attached hydrogen (secondary N) is 1. The molecule has 1 fully saturated rings. The van der Waals surface area contributed by atoms with E-state index in [-0.39, 0.29) is 5.91 Å². The second kappa shape index (κ2) is 8.32. The summed E-state index contributed by atoms with van der Waals surface area (Å²) in [5, 5.41) is 3.03. The number of halogens is 2. The maximum absolute atomic E-state index is 12.8. The molecule has 1 saturated heterocycles. The minimum Gasteiger partial charge on any atom is -0.379 e. The molecule has 0 aliphatic carbocycles. The van der Waals surface area contributed by atoms with Gasteiger partial charge in [0.25, 0.3) is 5.91 Å². The monoisotopic (exact) mass is 416 g/mol. The molecule has 0 bridgehead atoms. The highest BCUT2D eigenvalue weighted by molar-refractivity contribution is 6.33. The van der Waals surface area contributed by atoms with Gasteiger partial charge in [-0.05, 0) is 36.4 Å². The van der Waals surface area contributed by atoms with Crippen LogP contribution in [-0.4, -0.2) is 46.8 Å². The number of carbonyl (C=O) groups excluding carboxylic acids is 1. The molecule has 4 rings (SSSR count). The van der Waals surface area contributed by atoms with Gasteiger partial charge in [0.15, 0.2) is 0 Å². The minimum atomic E-state index is -0.275. The fraction of sp³-hybridized carbons (Fsp3) is 0.200. The third kappa shape index (κ3) is 4.05. The molecule has 8 heteroatoms. The van der Waals surface area contributed by atoms with Crippen LogP contribution in [0.15, 0.2) is 54.7 Å². The van der Waals surface area contributed by atoms with Gasteiger partial charge in [-0.3, -0.25) is 14.8 Å². The van der Waals surface area contributed by atoms with Crippen LogP contribution in [0.3, 0.4) is 0 Å². The number of amides is 1. The molecule has 0 saturated carbocycles. The molecule has 1 N–H and O–H groups in total. The van der Waals surface area contributed by atoms with E-state index < -0.39 is 0 Å². The number of imidazole rings is 1. The van der Waals surface area contributed by atoms with Crippen molar-refractivity contribution in [3.05, 3.63) is 70.5 Å². The Kier molecular flexibility index (Phi) is 5.64. The van der Waals surface area contributed by atoms with Gasteiger partial charge in [0.2, 0.25) is 0 Å². The summed E-state index contributed by atoms with van der Waals surface area (Å²) in [5.41, 5.74) is 4.76. The molecule has 0 spiro atoms. The molecule has 2 heterocycles. The Morgan fingerprint density at radius 2 is 1.75 bits per heavy atom. The zero-order valence-electron chi connectivity index (χ0n) is 14.9. The van der Waals surface area contributed by atoms with Crippen LogP contribution in [0, 0.1) is 0 Å². The lowest BCUT2D eigenvalue weighted by Crippen LogP contribution is -2.48. The van der Waals surface area contributed by atoms with Crippen LogP contribution in [-0.2, 0) is 4.74 Å². The van der Waals surface area contributed by atoms with Crippen LogP contribution in [0.25, 0.3) is 17.1 Å². The largest absolute Gasteiger partial charge is 0.379 e. The first kappa shape index (κ1) is 19.0. The molecular weight excluding hydrogens is 399 g/mol. The van der Waals surface area contributed by atoms with E-state index in [1.165, 1.54) is 0 Å². The van der Waals surface area contributed by atoms with E-state index in [1.54, 1.807) is 24.4 Å². The van der Waals surface area contributed by atoms with Crippen molar-refractivity contribution >= 4 is 29.1 Å². The Hall–Kier alpha value is -2.38. The van der Waals surface area contributed by atoms with E-state index in [0.29, 0.717) is 47.9 Å². The molecule has 6 nitrogen and oxygen atoms in total. The van der Waals surface area contributed by atoms with Crippen LogP contribution in [0.1, 0.15) is 10.5 Å². The van der Waals surface area contributed by atoms with Crippen LogP contribution in [0.2, 0.25) is 10.0 Å². The first-order valence-corrected chi connectivity index (χ1v) is 9.61. The molecule has 0 unspecified atom stereocenters. The molecule has 0 radical (unpaired) electrons. The zero-order chi connectivity index (χ0) is 19.5. The van der Waals surface area contributed by atoms with Crippen molar-refractivity contribution in [2.45, 2.75) is 0 Å². The van der Waals surface area contributed by atoms with Crippen molar-refractivity contribution < 1.29 is 9.53 Å². The number of hydrogen-bond acceptors (Lipinski definition) is 4. The molecule has 144 valence electrons. The standard InChI is InChI=1S/C20H18Cl2N4O2/c21-14-5-7-15(8-6-14)26-13-18(20(27)24-25-9-11-28-12-10-25)23-19(26)16-3-1-2-4-17(16)22/h1-8,13H,9-12H2,(H,24,27). The molecular formula is C20H18Cl2N4O2. The summed E-state index contributed by atoms with van der Waals surface area (Å²) in [5.74, 6) is 0.308. The summed E-state index contributed by atoms with van der Waals surface area (Å²) in [6.45, 7) is 2.46. The van der Waals surface area contributed by atoms with Crippen LogP contribution < -0.4 is 5.43 Å². The van der Waals surface area contributed by atoms with E-state index in [2.05, 4.69) is 10.4 Å². The number of hydrazine groups is 1. The summed E-state index contributed by atoms with van der Waals surface area (Å²) in [6, 6.07) is 14.7. The SMILES string of the molecule is O=C(NN1CCOCC1)c1cn(-c2ccc(Cl)cc2)c(-c2ccccc2Cl)n1. The lowest BCUT2D eigenvalue weighted by atomic mass is 10.2. The molecule has 1 aliphatic rings. The van der Waals surface area contributed by atoms with Crippen molar-refractivity contribution in [3.63, 3.8) is 0 Å². The van der Waals surface area contributed by atoms with E-state index in [9.17, 15) is 4.79 Å². The van der Waals surface area contributed by atoms with Gasteiger partial charge < -0.3 is 4.74 Å². The van der Waals surface area contributed by atoms with Crippen LogP contribution in [0.5, 0.6) is 0 Å². The third-order valence-electron chi connectivity index (χ3n) is 4.43. The van der Waals surface area contributed by atoms with Gasteiger partial charge in [0.1, 0.15) is 11.5 Å². The summed E-state index contributed by atoms with van der Waals surface area (Å²) >= 11 is 12.4. The summed E-state index contributed by atoms with van der Waals surface area (Å²) in [6.07, 6.45) is 1.71. The van der Waals surface area contributed by atoms with Crippen molar-refractivity contribution in [1.82, 2.24) is 20.0 Å². The second-order valence-electron chi connectivity index (χ2n) is 6.32. The number of hydrogen-bond donors (Lipinski definition) is 1. The predicted molar refractivity (Wildman–Crippen MR) is 109 cm³/mol. The van der Waals surface area contributed by atoms with Crippen molar-refractivity contribution in [1.29, 1.82) is 0 Å². The van der Waals surface area contributed by atoms with Gasteiger partial charge in [-0.15, -0.1) is 0 Å². The number of rotatable bonds is 4. The predicted octanol–water partition coefficient (Wildman–Crippen LogP) is 3.82. The second-order valence-corrected chi connectivity index (χ2v) is 7.16. The van der Waals surface area contributed by atoms with Crippen LogP contribution >= 0.6 is 23.2 Å². The Morgan fingerprint density at radius 3 is 2.46 bits per heavy atom. The average molecular weight is 417 g/mol. The summed E-state index contributed by atoms with van der Waals surface area (Å²) < 4.78 is 7.15. The maximum atomic E-state index is 12.8. The number of ether oxygens (including phenoxy) is 1. The molecule has 1 aliphatic heterocycles. The Bertz CT molecular complexity index is 982. The van der Waals surface area contributed by atoms with Crippen molar-refractivity contribution in [2.75, 3.05) is 26.3 Å². The highest BCUT2D eigenvalue weighted by atomic mass is 35.5. The summed E-state index contributed by atoms with van der Waals surface area (Å²) in [4.78, 5) is 17.3. The number of carbonyl (C=O) groups is 1. The highest BCUT2D eigenvalue weighted by Crippen LogP contribution is 2.29.